The van der Waals surface area contributed by atoms with E-state index in [0.29, 0.717) is 13.1 Å². The first kappa shape index (κ1) is 17.7. The van der Waals surface area contributed by atoms with Crippen LogP contribution in [0.3, 0.4) is 0 Å². The van der Waals surface area contributed by atoms with Crippen LogP contribution in [0.4, 0.5) is 10.1 Å². The molecule has 1 aromatic rings. The molecule has 0 aromatic heterocycles. The Balaban J connectivity index is 2.26. The van der Waals surface area contributed by atoms with Crippen molar-refractivity contribution in [1.29, 1.82) is 0 Å². The van der Waals surface area contributed by atoms with E-state index in [1.165, 1.54) is 38.4 Å². The summed E-state index contributed by atoms with van der Waals surface area (Å²) in [5.41, 5.74) is 0.269. The van der Waals surface area contributed by atoms with Gasteiger partial charge >= 0.3 is 10.2 Å². The first-order chi connectivity index (χ1) is 10.8. The number of nitrogens with zero attached hydrogens (tertiary/aromatic N) is 3. The molecule has 0 bridgehead atoms. The molecule has 2 rings (SSSR count). The van der Waals surface area contributed by atoms with Crippen LogP contribution in [-0.4, -0.2) is 57.3 Å². The second-order valence-electron chi connectivity index (χ2n) is 5.71. The largest absolute Gasteiger partial charge is 0.341 e. The van der Waals surface area contributed by atoms with Gasteiger partial charge in [-0.05, 0) is 43.5 Å². The third kappa shape index (κ3) is 4.20. The fourth-order valence-corrected chi connectivity index (χ4v) is 3.53. The van der Waals surface area contributed by atoms with E-state index < -0.39 is 16.0 Å². The highest BCUT2D eigenvalue weighted by Gasteiger charge is 2.29. The van der Waals surface area contributed by atoms with Gasteiger partial charge in [0.2, 0.25) is 5.91 Å². The molecule has 0 unspecified atom stereocenters. The number of anilines is 1. The van der Waals surface area contributed by atoms with Crippen LogP contribution in [0.1, 0.15) is 19.3 Å². The maximum absolute atomic E-state index is 13.1. The van der Waals surface area contributed by atoms with E-state index in [2.05, 4.69) is 0 Å². The van der Waals surface area contributed by atoms with Crippen LogP contribution in [0.15, 0.2) is 24.3 Å². The molecule has 1 fully saturated rings. The van der Waals surface area contributed by atoms with Gasteiger partial charge in [0.25, 0.3) is 0 Å². The third-order valence-corrected chi connectivity index (χ3v) is 5.66. The molecular formula is C15H22FN3O3S. The van der Waals surface area contributed by atoms with E-state index in [0.717, 1.165) is 27.9 Å². The number of rotatable bonds is 5. The van der Waals surface area contributed by atoms with Crippen molar-refractivity contribution in [1.82, 2.24) is 9.21 Å². The van der Waals surface area contributed by atoms with Crippen molar-refractivity contribution in [3.8, 4) is 0 Å². The predicted molar refractivity (Wildman–Crippen MR) is 86.8 cm³/mol. The summed E-state index contributed by atoms with van der Waals surface area (Å²) in [5, 5.41) is 0. The molecular weight excluding hydrogens is 321 g/mol. The Bertz CT molecular complexity index is 640. The second-order valence-corrected chi connectivity index (χ2v) is 7.78. The Morgan fingerprint density at radius 1 is 1.13 bits per heavy atom. The minimum atomic E-state index is -3.84. The Morgan fingerprint density at radius 2 is 1.70 bits per heavy atom. The highest BCUT2D eigenvalue weighted by molar-refractivity contribution is 7.90. The SMILES string of the molecule is CN(C)S(=O)(=O)N(CC(=O)N1CCCCC1)c1ccc(F)cc1. The molecule has 23 heavy (non-hydrogen) atoms. The normalized spacial score (nSPS) is 15.7. The van der Waals surface area contributed by atoms with Crippen molar-refractivity contribution in [3.05, 3.63) is 30.1 Å². The van der Waals surface area contributed by atoms with Gasteiger partial charge in [0.05, 0.1) is 5.69 Å². The van der Waals surface area contributed by atoms with E-state index >= 15 is 0 Å². The average molecular weight is 343 g/mol. The zero-order valence-electron chi connectivity index (χ0n) is 13.4. The second kappa shape index (κ2) is 7.27. The van der Waals surface area contributed by atoms with Gasteiger partial charge in [-0.3, -0.25) is 4.79 Å². The molecule has 128 valence electrons. The van der Waals surface area contributed by atoms with E-state index in [1.807, 2.05) is 0 Å². The Hall–Kier alpha value is -1.67. The lowest BCUT2D eigenvalue weighted by Crippen LogP contribution is -2.48. The fraction of sp³-hybridized carbons (Fsp3) is 0.533. The van der Waals surface area contributed by atoms with Gasteiger partial charge in [-0.15, -0.1) is 0 Å². The van der Waals surface area contributed by atoms with E-state index in [4.69, 9.17) is 0 Å². The molecule has 1 heterocycles. The topological polar surface area (TPSA) is 60.9 Å². The Morgan fingerprint density at radius 3 is 2.22 bits per heavy atom. The van der Waals surface area contributed by atoms with Crippen LogP contribution in [-0.2, 0) is 15.0 Å². The van der Waals surface area contributed by atoms with Crippen molar-refractivity contribution >= 4 is 21.8 Å². The van der Waals surface area contributed by atoms with Crippen molar-refractivity contribution in [2.24, 2.45) is 0 Å². The monoisotopic (exact) mass is 343 g/mol. The summed E-state index contributed by atoms with van der Waals surface area (Å²) in [4.78, 5) is 14.1. The van der Waals surface area contributed by atoms with E-state index in [9.17, 15) is 17.6 Å². The van der Waals surface area contributed by atoms with Crippen LogP contribution in [0.5, 0.6) is 0 Å². The summed E-state index contributed by atoms with van der Waals surface area (Å²) < 4.78 is 40.2. The third-order valence-electron chi connectivity index (χ3n) is 3.84. The molecule has 8 heteroatoms. The Kier molecular flexibility index (Phi) is 5.59. The van der Waals surface area contributed by atoms with Gasteiger partial charge in [-0.1, -0.05) is 0 Å². The summed E-state index contributed by atoms with van der Waals surface area (Å²) in [5.74, 6) is -0.697. The molecule has 0 radical (unpaired) electrons. The summed E-state index contributed by atoms with van der Waals surface area (Å²) in [7, 11) is -1.04. The first-order valence-electron chi connectivity index (χ1n) is 7.56. The predicted octanol–water partition coefficient (Wildman–Crippen LogP) is 1.45. The molecule has 1 saturated heterocycles. The van der Waals surface area contributed by atoms with Gasteiger partial charge in [0.1, 0.15) is 12.4 Å². The summed E-state index contributed by atoms with van der Waals surface area (Å²) in [6.07, 6.45) is 2.95. The minimum Gasteiger partial charge on any atom is -0.341 e. The van der Waals surface area contributed by atoms with Crippen molar-refractivity contribution in [2.45, 2.75) is 19.3 Å². The van der Waals surface area contributed by atoms with Gasteiger partial charge < -0.3 is 4.90 Å². The molecule has 1 aliphatic heterocycles. The zero-order chi connectivity index (χ0) is 17.0. The number of amides is 1. The van der Waals surface area contributed by atoms with Gasteiger partial charge in [0.15, 0.2) is 0 Å². The van der Waals surface area contributed by atoms with Crippen LogP contribution >= 0.6 is 0 Å². The smallest absolute Gasteiger partial charge is 0.304 e. The number of piperidine rings is 1. The molecule has 1 aromatic carbocycles. The number of carbonyl (C=O) groups excluding carboxylic acids is 1. The average Bonchev–Trinajstić information content (AvgIpc) is 2.54. The molecule has 1 aliphatic rings. The first-order valence-corrected chi connectivity index (χ1v) is 8.95. The maximum Gasteiger partial charge on any atom is 0.304 e. The quantitative estimate of drug-likeness (QED) is 0.813. The summed E-state index contributed by atoms with van der Waals surface area (Å²) >= 11 is 0. The lowest BCUT2D eigenvalue weighted by molar-refractivity contribution is -0.130. The van der Waals surface area contributed by atoms with Gasteiger partial charge in [0, 0.05) is 27.2 Å². The molecule has 0 N–H and O–H groups in total. The highest BCUT2D eigenvalue weighted by Crippen LogP contribution is 2.20. The number of carbonyl (C=O) groups is 1. The summed E-state index contributed by atoms with van der Waals surface area (Å²) in [6, 6.07) is 5.08. The van der Waals surface area contributed by atoms with Crippen molar-refractivity contribution < 1.29 is 17.6 Å². The van der Waals surface area contributed by atoms with Crippen LogP contribution in [0.25, 0.3) is 0 Å². The lowest BCUT2D eigenvalue weighted by atomic mass is 10.1. The number of likely N-dealkylation sites (tertiary alicyclic amines) is 1. The van der Waals surface area contributed by atoms with E-state index in [-0.39, 0.29) is 18.1 Å². The van der Waals surface area contributed by atoms with Crippen molar-refractivity contribution in [2.75, 3.05) is 38.0 Å². The molecule has 1 amide bonds. The maximum atomic E-state index is 13.1. The molecule has 0 spiro atoms. The molecule has 0 saturated carbocycles. The number of benzene rings is 1. The van der Waals surface area contributed by atoms with Crippen LogP contribution in [0, 0.1) is 5.82 Å². The lowest BCUT2D eigenvalue weighted by Gasteiger charge is -2.31. The highest BCUT2D eigenvalue weighted by atomic mass is 32.2. The summed E-state index contributed by atoms with van der Waals surface area (Å²) in [6.45, 7) is 1.02. The fourth-order valence-electron chi connectivity index (χ4n) is 2.48. The van der Waals surface area contributed by atoms with Crippen LogP contribution in [0.2, 0.25) is 0 Å². The standard InChI is InChI=1S/C15H22FN3O3S/c1-17(2)23(21,22)19(14-8-6-13(16)7-9-14)12-15(20)18-10-4-3-5-11-18/h6-9H,3-5,10-12H2,1-2H3. The number of hydrogen-bond acceptors (Lipinski definition) is 3. The molecule has 6 nitrogen and oxygen atoms in total. The minimum absolute atomic E-state index is 0.237. The van der Waals surface area contributed by atoms with Crippen molar-refractivity contribution in [3.63, 3.8) is 0 Å². The molecule has 0 atom stereocenters. The van der Waals surface area contributed by atoms with Crippen LogP contribution < -0.4 is 4.31 Å². The number of hydrogen-bond donors (Lipinski definition) is 0. The zero-order valence-corrected chi connectivity index (χ0v) is 14.2. The van der Waals surface area contributed by atoms with Gasteiger partial charge in [-0.2, -0.15) is 12.7 Å². The Labute approximate surface area is 136 Å². The molecule has 0 aliphatic carbocycles. The van der Waals surface area contributed by atoms with E-state index in [1.54, 1.807) is 4.90 Å². The number of halogens is 1. The van der Waals surface area contributed by atoms with Gasteiger partial charge in [-0.25, -0.2) is 8.70 Å².